The number of carbonyl (C=O) groups is 2. The minimum atomic E-state index is -0.506. The monoisotopic (exact) mass is 334 g/mol. The second-order valence-corrected chi connectivity index (χ2v) is 5.72. The Morgan fingerprint density at radius 3 is 2.00 bits per heavy atom. The standard InChI is InChI=1S/C15H30N2O6/c1-5-6-16-13(18)22-12-11-21-10-9-20-8-7-17-14(19)23-15(2,3)4/h5-12H2,1-4H3,(H,16,18)(H,17,19). The van der Waals surface area contributed by atoms with E-state index in [4.69, 9.17) is 18.9 Å². The highest BCUT2D eigenvalue weighted by Gasteiger charge is 2.15. The van der Waals surface area contributed by atoms with Crippen LogP contribution in [0.3, 0.4) is 0 Å². The summed E-state index contributed by atoms with van der Waals surface area (Å²) >= 11 is 0. The second-order valence-electron chi connectivity index (χ2n) is 5.72. The highest BCUT2D eigenvalue weighted by molar-refractivity contribution is 5.67. The molecule has 0 aliphatic rings. The molecule has 0 aromatic carbocycles. The van der Waals surface area contributed by atoms with Crippen LogP contribution < -0.4 is 10.6 Å². The molecule has 0 aliphatic heterocycles. The molecule has 0 aromatic heterocycles. The van der Waals surface area contributed by atoms with Crippen molar-refractivity contribution >= 4 is 12.2 Å². The number of nitrogens with one attached hydrogen (secondary N) is 2. The fourth-order valence-corrected chi connectivity index (χ4v) is 1.33. The van der Waals surface area contributed by atoms with Gasteiger partial charge in [-0.2, -0.15) is 0 Å². The summed E-state index contributed by atoms with van der Waals surface area (Å²) in [5.74, 6) is 0. The van der Waals surface area contributed by atoms with Crippen LogP contribution in [0.15, 0.2) is 0 Å². The van der Waals surface area contributed by atoms with E-state index in [1.807, 2.05) is 6.92 Å². The second kappa shape index (κ2) is 13.0. The van der Waals surface area contributed by atoms with Gasteiger partial charge in [-0.25, -0.2) is 9.59 Å². The molecule has 8 nitrogen and oxygen atoms in total. The number of ether oxygens (including phenoxy) is 4. The third-order valence-corrected chi connectivity index (χ3v) is 2.27. The van der Waals surface area contributed by atoms with Crippen molar-refractivity contribution < 1.29 is 28.5 Å². The maximum atomic E-state index is 11.3. The molecule has 8 heteroatoms. The maximum Gasteiger partial charge on any atom is 0.407 e. The van der Waals surface area contributed by atoms with Crippen molar-refractivity contribution in [3.8, 4) is 0 Å². The van der Waals surface area contributed by atoms with E-state index < -0.39 is 17.8 Å². The van der Waals surface area contributed by atoms with Crippen LogP contribution in [0.25, 0.3) is 0 Å². The van der Waals surface area contributed by atoms with Gasteiger partial charge in [0.25, 0.3) is 0 Å². The number of carbonyl (C=O) groups excluding carboxylic acids is 2. The van der Waals surface area contributed by atoms with E-state index in [-0.39, 0.29) is 6.61 Å². The summed E-state index contributed by atoms with van der Waals surface area (Å²) in [5.41, 5.74) is -0.506. The summed E-state index contributed by atoms with van der Waals surface area (Å²) in [5, 5.41) is 5.18. The SMILES string of the molecule is CCCNC(=O)OCCOCCOCCNC(=O)OC(C)(C)C. The molecule has 136 valence electrons. The first-order valence-corrected chi connectivity index (χ1v) is 7.88. The van der Waals surface area contributed by atoms with E-state index in [0.29, 0.717) is 39.5 Å². The number of rotatable bonds is 11. The van der Waals surface area contributed by atoms with Gasteiger partial charge < -0.3 is 29.6 Å². The molecule has 0 saturated heterocycles. The first-order chi connectivity index (χ1) is 10.8. The van der Waals surface area contributed by atoms with Gasteiger partial charge in [0.2, 0.25) is 0 Å². The molecule has 0 rings (SSSR count). The first kappa shape index (κ1) is 21.5. The number of hydrogen-bond acceptors (Lipinski definition) is 6. The van der Waals surface area contributed by atoms with Crippen LogP contribution >= 0.6 is 0 Å². The zero-order valence-corrected chi connectivity index (χ0v) is 14.6. The van der Waals surface area contributed by atoms with Gasteiger partial charge in [-0.15, -0.1) is 0 Å². The summed E-state index contributed by atoms with van der Waals surface area (Å²) < 4.78 is 20.5. The van der Waals surface area contributed by atoms with E-state index in [1.165, 1.54) is 0 Å². The molecule has 0 radical (unpaired) electrons. The molecule has 0 aliphatic carbocycles. The molecule has 0 heterocycles. The Morgan fingerprint density at radius 1 is 0.826 bits per heavy atom. The van der Waals surface area contributed by atoms with Crippen LogP contribution in [-0.4, -0.2) is 63.9 Å². The van der Waals surface area contributed by atoms with Crippen LogP contribution in [0.5, 0.6) is 0 Å². The molecule has 0 fully saturated rings. The van der Waals surface area contributed by atoms with Crippen molar-refractivity contribution in [2.75, 3.05) is 46.1 Å². The molecule has 0 saturated carbocycles. The molecule has 0 aromatic rings. The van der Waals surface area contributed by atoms with Crippen LogP contribution in [0.1, 0.15) is 34.1 Å². The average molecular weight is 334 g/mol. The maximum absolute atomic E-state index is 11.3. The number of hydrogen-bond donors (Lipinski definition) is 2. The molecule has 2 amide bonds. The van der Waals surface area contributed by atoms with E-state index in [0.717, 1.165) is 6.42 Å². The predicted molar refractivity (Wildman–Crippen MR) is 85.5 cm³/mol. The fraction of sp³-hybridized carbons (Fsp3) is 0.867. The molecular weight excluding hydrogens is 304 g/mol. The summed E-state index contributed by atoms with van der Waals surface area (Å²) in [4.78, 5) is 22.4. The van der Waals surface area contributed by atoms with Crippen molar-refractivity contribution in [2.45, 2.75) is 39.7 Å². The topological polar surface area (TPSA) is 95.1 Å². The Hall–Kier alpha value is -1.54. The first-order valence-electron chi connectivity index (χ1n) is 7.88. The third kappa shape index (κ3) is 16.7. The molecule has 0 bridgehead atoms. The fourth-order valence-electron chi connectivity index (χ4n) is 1.33. The Labute approximate surface area is 138 Å². The summed E-state index contributed by atoms with van der Waals surface area (Å²) in [6.45, 7) is 10.0. The van der Waals surface area contributed by atoms with Gasteiger partial charge in [-0.1, -0.05) is 6.92 Å². The Kier molecular flexibility index (Phi) is 12.1. The normalized spacial score (nSPS) is 11.0. The van der Waals surface area contributed by atoms with Gasteiger partial charge >= 0.3 is 12.2 Å². The third-order valence-electron chi connectivity index (χ3n) is 2.27. The summed E-state index contributed by atoms with van der Waals surface area (Å²) in [7, 11) is 0. The average Bonchev–Trinajstić information content (AvgIpc) is 2.45. The van der Waals surface area contributed by atoms with Gasteiger partial charge in [0.05, 0.1) is 26.4 Å². The van der Waals surface area contributed by atoms with Gasteiger partial charge in [-0.3, -0.25) is 0 Å². The minimum Gasteiger partial charge on any atom is -0.447 e. The van der Waals surface area contributed by atoms with Gasteiger partial charge in [0.1, 0.15) is 12.2 Å². The molecule has 0 spiro atoms. The van der Waals surface area contributed by atoms with Crippen molar-refractivity contribution in [3.63, 3.8) is 0 Å². The largest absolute Gasteiger partial charge is 0.447 e. The van der Waals surface area contributed by atoms with Gasteiger partial charge in [-0.05, 0) is 27.2 Å². The smallest absolute Gasteiger partial charge is 0.407 e. The van der Waals surface area contributed by atoms with Crippen molar-refractivity contribution in [1.29, 1.82) is 0 Å². The Morgan fingerprint density at radius 2 is 1.39 bits per heavy atom. The van der Waals surface area contributed by atoms with Crippen molar-refractivity contribution in [3.05, 3.63) is 0 Å². The van der Waals surface area contributed by atoms with Crippen LogP contribution in [0.4, 0.5) is 9.59 Å². The molecule has 2 N–H and O–H groups in total. The van der Waals surface area contributed by atoms with E-state index in [9.17, 15) is 9.59 Å². The van der Waals surface area contributed by atoms with E-state index >= 15 is 0 Å². The number of alkyl carbamates (subject to hydrolysis) is 2. The zero-order chi connectivity index (χ0) is 17.6. The van der Waals surface area contributed by atoms with Gasteiger partial charge in [0, 0.05) is 13.1 Å². The van der Waals surface area contributed by atoms with Gasteiger partial charge in [0.15, 0.2) is 0 Å². The molecule has 0 unspecified atom stereocenters. The van der Waals surface area contributed by atoms with Crippen LogP contribution in [-0.2, 0) is 18.9 Å². The summed E-state index contributed by atoms with van der Waals surface area (Å²) in [6, 6.07) is 0. The Balaban J connectivity index is 3.28. The highest BCUT2D eigenvalue weighted by Crippen LogP contribution is 2.05. The lowest BCUT2D eigenvalue weighted by Gasteiger charge is -2.19. The van der Waals surface area contributed by atoms with Crippen molar-refractivity contribution in [2.24, 2.45) is 0 Å². The molecule has 23 heavy (non-hydrogen) atoms. The molecule has 0 atom stereocenters. The summed E-state index contributed by atoms with van der Waals surface area (Å²) in [6.07, 6.45) is -0.0260. The molecular formula is C15H30N2O6. The minimum absolute atomic E-state index is 0.204. The lowest BCUT2D eigenvalue weighted by molar-refractivity contribution is 0.0262. The van der Waals surface area contributed by atoms with E-state index in [1.54, 1.807) is 20.8 Å². The van der Waals surface area contributed by atoms with E-state index in [2.05, 4.69) is 10.6 Å². The number of amides is 2. The Bertz CT molecular complexity index is 330. The van der Waals surface area contributed by atoms with Crippen LogP contribution in [0.2, 0.25) is 0 Å². The lowest BCUT2D eigenvalue weighted by Crippen LogP contribution is -2.34. The zero-order valence-electron chi connectivity index (χ0n) is 14.6. The highest BCUT2D eigenvalue weighted by atomic mass is 16.6. The van der Waals surface area contributed by atoms with Crippen molar-refractivity contribution in [1.82, 2.24) is 10.6 Å². The lowest BCUT2D eigenvalue weighted by atomic mass is 10.2. The predicted octanol–water partition coefficient (Wildman–Crippen LogP) is 1.68. The quantitative estimate of drug-likeness (QED) is 0.558. The van der Waals surface area contributed by atoms with Crippen LogP contribution in [0, 0.1) is 0 Å².